The number of nitro groups is 1. The topological polar surface area (TPSA) is 144 Å². The quantitative estimate of drug-likeness (QED) is 0.258. The van der Waals surface area contributed by atoms with E-state index < -0.39 is 30.8 Å². The molecule has 2 aromatic rings. The summed E-state index contributed by atoms with van der Waals surface area (Å²) < 4.78 is 20.6. The van der Waals surface area contributed by atoms with Gasteiger partial charge in [0.1, 0.15) is 6.17 Å². The molecule has 2 aromatic carbocycles. The zero-order valence-corrected chi connectivity index (χ0v) is 16.9. The standard InChI is InChI=1S/C15H13Cl3N4O5S/c16-15(17,18)14(20-10-4-6-12(7-5-10)28(19,26)27)21-13(23)9-2-1-3-11(8-9)22(24)25/h1-8,14,20H,(H,21,23)(H2,19,26,27). The molecule has 2 rings (SSSR count). The molecule has 0 bridgehead atoms. The average Bonchev–Trinajstić information content (AvgIpc) is 2.60. The molecule has 0 heterocycles. The van der Waals surface area contributed by atoms with Crippen molar-refractivity contribution in [3.05, 3.63) is 64.2 Å². The number of nitrogens with zero attached hydrogens (tertiary/aromatic N) is 1. The molecule has 0 spiro atoms. The monoisotopic (exact) mass is 466 g/mol. The highest BCUT2D eigenvalue weighted by Crippen LogP contribution is 2.31. The van der Waals surface area contributed by atoms with E-state index in [0.717, 1.165) is 6.07 Å². The lowest BCUT2D eigenvalue weighted by molar-refractivity contribution is -0.384. The summed E-state index contributed by atoms with van der Waals surface area (Å²) in [6.07, 6.45) is -1.25. The molecule has 1 atom stereocenters. The Morgan fingerprint density at radius 3 is 2.25 bits per heavy atom. The van der Waals surface area contributed by atoms with Crippen molar-refractivity contribution in [2.75, 3.05) is 5.32 Å². The van der Waals surface area contributed by atoms with Crippen molar-refractivity contribution in [1.82, 2.24) is 5.32 Å². The van der Waals surface area contributed by atoms with Crippen LogP contribution in [-0.4, -0.2) is 29.2 Å². The Balaban J connectivity index is 2.22. The van der Waals surface area contributed by atoms with E-state index in [1.165, 1.54) is 42.5 Å². The predicted octanol–water partition coefficient (Wildman–Crippen LogP) is 2.78. The minimum absolute atomic E-state index is 0.0141. The van der Waals surface area contributed by atoms with Crippen LogP contribution >= 0.6 is 34.8 Å². The summed E-state index contributed by atoms with van der Waals surface area (Å²) in [6.45, 7) is 0. The van der Waals surface area contributed by atoms with Gasteiger partial charge in [-0.3, -0.25) is 14.9 Å². The Hall–Kier alpha value is -2.11. The maximum absolute atomic E-state index is 12.4. The van der Waals surface area contributed by atoms with E-state index in [1.807, 2.05) is 0 Å². The first-order valence-corrected chi connectivity index (χ1v) is 10.1. The summed E-state index contributed by atoms with van der Waals surface area (Å²) in [6, 6.07) is 10.2. The van der Waals surface area contributed by atoms with Gasteiger partial charge in [-0.25, -0.2) is 13.6 Å². The Bertz CT molecular complexity index is 993. The molecular formula is C15H13Cl3N4O5S. The van der Waals surface area contributed by atoms with Gasteiger partial charge in [0.2, 0.25) is 13.8 Å². The number of hydrogen-bond donors (Lipinski definition) is 3. The Labute approximate surface area is 175 Å². The van der Waals surface area contributed by atoms with Crippen LogP contribution in [0.2, 0.25) is 0 Å². The van der Waals surface area contributed by atoms with Crippen molar-refractivity contribution < 1.29 is 18.1 Å². The number of non-ortho nitro benzene ring substituents is 1. The number of halogens is 3. The number of hydrogen-bond acceptors (Lipinski definition) is 6. The third-order valence-corrected chi connectivity index (χ3v) is 5.00. The number of amides is 1. The van der Waals surface area contributed by atoms with Gasteiger partial charge in [-0.15, -0.1) is 0 Å². The van der Waals surface area contributed by atoms with Gasteiger partial charge < -0.3 is 10.6 Å². The van der Waals surface area contributed by atoms with Crippen molar-refractivity contribution in [3.8, 4) is 0 Å². The van der Waals surface area contributed by atoms with Crippen molar-refractivity contribution in [1.29, 1.82) is 0 Å². The summed E-state index contributed by atoms with van der Waals surface area (Å²) in [7, 11) is -3.87. The molecule has 28 heavy (non-hydrogen) atoms. The molecule has 13 heteroatoms. The third-order valence-electron chi connectivity index (χ3n) is 3.42. The number of nitro benzene ring substituents is 1. The molecule has 150 valence electrons. The van der Waals surface area contributed by atoms with Crippen LogP contribution in [0.5, 0.6) is 0 Å². The van der Waals surface area contributed by atoms with Gasteiger partial charge in [-0.05, 0) is 30.3 Å². The lowest BCUT2D eigenvalue weighted by atomic mass is 10.2. The van der Waals surface area contributed by atoms with E-state index in [-0.39, 0.29) is 16.1 Å². The normalized spacial score (nSPS) is 12.9. The van der Waals surface area contributed by atoms with E-state index in [9.17, 15) is 23.3 Å². The molecule has 0 saturated heterocycles. The van der Waals surface area contributed by atoms with E-state index in [4.69, 9.17) is 39.9 Å². The lowest BCUT2D eigenvalue weighted by Crippen LogP contribution is -2.49. The lowest BCUT2D eigenvalue weighted by Gasteiger charge is -2.27. The smallest absolute Gasteiger partial charge is 0.270 e. The summed E-state index contributed by atoms with van der Waals surface area (Å²) in [5.41, 5.74) is 0.0347. The number of nitrogens with two attached hydrogens (primary N) is 1. The molecule has 0 aliphatic carbocycles. The number of rotatable bonds is 6. The summed E-state index contributed by atoms with van der Waals surface area (Å²) >= 11 is 17.7. The van der Waals surface area contributed by atoms with Crippen LogP contribution in [0.15, 0.2) is 53.4 Å². The molecule has 1 amide bonds. The van der Waals surface area contributed by atoms with E-state index in [1.54, 1.807) is 0 Å². The van der Waals surface area contributed by atoms with Crippen LogP contribution < -0.4 is 15.8 Å². The van der Waals surface area contributed by atoms with Crippen LogP contribution in [0.4, 0.5) is 11.4 Å². The number of alkyl halides is 3. The van der Waals surface area contributed by atoms with Gasteiger partial charge in [0.15, 0.2) is 0 Å². The maximum atomic E-state index is 12.4. The second-order valence-electron chi connectivity index (χ2n) is 5.47. The molecule has 0 aromatic heterocycles. The summed E-state index contributed by atoms with van der Waals surface area (Å²) in [5, 5.41) is 21.0. The van der Waals surface area contributed by atoms with Crippen LogP contribution in [0.1, 0.15) is 10.4 Å². The first-order valence-electron chi connectivity index (χ1n) is 7.39. The van der Waals surface area contributed by atoms with Gasteiger partial charge in [-0.2, -0.15) is 0 Å². The number of nitrogens with one attached hydrogen (secondary N) is 2. The molecule has 0 saturated carbocycles. The van der Waals surface area contributed by atoms with E-state index in [2.05, 4.69) is 10.6 Å². The molecular weight excluding hydrogens is 455 g/mol. The van der Waals surface area contributed by atoms with E-state index >= 15 is 0 Å². The van der Waals surface area contributed by atoms with Crippen molar-refractivity contribution in [2.45, 2.75) is 14.9 Å². The fourth-order valence-electron chi connectivity index (χ4n) is 2.08. The van der Waals surface area contributed by atoms with E-state index in [0.29, 0.717) is 5.69 Å². The van der Waals surface area contributed by atoms with Gasteiger partial charge >= 0.3 is 0 Å². The number of anilines is 1. The van der Waals surface area contributed by atoms with Crippen molar-refractivity contribution in [2.24, 2.45) is 5.14 Å². The number of sulfonamides is 1. The third kappa shape index (κ3) is 5.94. The Morgan fingerprint density at radius 1 is 1.14 bits per heavy atom. The first kappa shape index (κ1) is 22.2. The fraction of sp³-hybridized carbons (Fsp3) is 0.133. The maximum Gasteiger partial charge on any atom is 0.270 e. The SMILES string of the molecule is NS(=O)(=O)c1ccc(NC(NC(=O)c2cccc([N+](=O)[O-])c2)C(Cl)(Cl)Cl)cc1. The highest BCUT2D eigenvalue weighted by Gasteiger charge is 2.34. The minimum atomic E-state index is -3.87. The van der Waals surface area contributed by atoms with Gasteiger partial charge in [-0.1, -0.05) is 40.9 Å². The molecule has 0 aliphatic heterocycles. The first-order chi connectivity index (χ1) is 12.9. The summed E-state index contributed by atoms with van der Waals surface area (Å²) in [5.74, 6) is -0.728. The predicted molar refractivity (Wildman–Crippen MR) is 106 cm³/mol. The Morgan fingerprint density at radius 2 is 1.75 bits per heavy atom. The number of carbonyl (C=O) groups excluding carboxylic acids is 1. The second kappa shape index (κ2) is 8.50. The molecule has 0 fully saturated rings. The number of carbonyl (C=O) groups is 1. The zero-order chi connectivity index (χ0) is 21.1. The van der Waals surface area contributed by atoms with Crippen LogP contribution in [0.25, 0.3) is 0 Å². The molecule has 1 unspecified atom stereocenters. The minimum Gasteiger partial charge on any atom is -0.362 e. The van der Waals surface area contributed by atoms with Crippen molar-refractivity contribution >= 4 is 62.1 Å². The molecule has 0 aliphatic rings. The number of primary sulfonamides is 1. The number of benzene rings is 2. The van der Waals surface area contributed by atoms with Gasteiger partial charge in [0, 0.05) is 23.4 Å². The van der Waals surface area contributed by atoms with Crippen molar-refractivity contribution in [3.63, 3.8) is 0 Å². The largest absolute Gasteiger partial charge is 0.362 e. The molecule has 0 radical (unpaired) electrons. The van der Waals surface area contributed by atoms with Gasteiger partial charge in [0.25, 0.3) is 11.6 Å². The highest BCUT2D eigenvalue weighted by molar-refractivity contribution is 7.89. The van der Waals surface area contributed by atoms with Gasteiger partial charge in [0.05, 0.1) is 9.82 Å². The fourth-order valence-corrected chi connectivity index (χ4v) is 2.93. The summed E-state index contributed by atoms with van der Waals surface area (Å²) in [4.78, 5) is 22.5. The average molecular weight is 468 g/mol. The second-order valence-corrected chi connectivity index (χ2v) is 9.40. The van der Waals surface area contributed by atoms with Crippen LogP contribution in [0.3, 0.4) is 0 Å². The highest BCUT2D eigenvalue weighted by atomic mass is 35.6. The Kier molecular flexibility index (Phi) is 6.73. The van der Waals surface area contributed by atoms with Crippen LogP contribution in [0, 0.1) is 10.1 Å². The molecule has 4 N–H and O–H groups in total. The molecule has 9 nitrogen and oxygen atoms in total. The zero-order valence-electron chi connectivity index (χ0n) is 13.8. The van der Waals surface area contributed by atoms with Crippen LogP contribution in [-0.2, 0) is 10.0 Å².